The number of carbonyl (C=O) groups is 1. The van der Waals surface area contributed by atoms with Crippen molar-refractivity contribution in [2.24, 2.45) is 5.73 Å². The van der Waals surface area contributed by atoms with E-state index in [1.807, 2.05) is 36.4 Å². The molecule has 1 spiro atoms. The molecular formula is C21H14FN5O2. The average Bonchev–Trinajstić information content (AvgIpc) is 3.18. The molecule has 0 fully saturated rings. The summed E-state index contributed by atoms with van der Waals surface area (Å²) in [4.78, 5) is 13.3. The van der Waals surface area contributed by atoms with Crippen LogP contribution in [0.25, 0.3) is 5.69 Å². The van der Waals surface area contributed by atoms with E-state index in [0.29, 0.717) is 28.2 Å². The normalized spacial score (nSPS) is 19.4. The van der Waals surface area contributed by atoms with Gasteiger partial charge in [-0.25, -0.2) is 9.07 Å². The van der Waals surface area contributed by atoms with E-state index in [2.05, 4.69) is 10.4 Å². The largest absolute Gasteiger partial charge is 0.422 e. The van der Waals surface area contributed by atoms with E-state index in [0.717, 1.165) is 0 Å². The second kappa shape index (κ2) is 5.69. The standard InChI is InChI=1S/C21H14FN5O2/c1-11-17-19(27(26-11)13-5-3-2-4-6-13)29-18(24)15(10-23)21(17)14-9-12(22)7-8-16(14)25-20(21)28/h2-9H,24H2,1H3,(H,25,28)/t21-/m1/s1. The second-order valence-corrected chi connectivity index (χ2v) is 6.86. The van der Waals surface area contributed by atoms with Gasteiger partial charge in [-0.15, -0.1) is 0 Å². The smallest absolute Gasteiger partial charge is 0.245 e. The summed E-state index contributed by atoms with van der Waals surface area (Å²) in [6, 6.07) is 15.1. The summed E-state index contributed by atoms with van der Waals surface area (Å²) in [7, 11) is 0. The molecule has 2 aliphatic rings. The number of anilines is 1. The fourth-order valence-corrected chi connectivity index (χ4v) is 4.15. The second-order valence-electron chi connectivity index (χ2n) is 6.86. The van der Waals surface area contributed by atoms with E-state index in [4.69, 9.17) is 10.5 Å². The highest BCUT2D eigenvalue weighted by atomic mass is 19.1. The third-order valence-electron chi connectivity index (χ3n) is 5.31. The van der Waals surface area contributed by atoms with E-state index < -0.39 is 17.1 Å². The van der Waals surface area contributed by atoms with Crippen LogP contribution in [-0.2, 0) is 10.2 Å². The monoisotopic (exact) mass is 387 g/mol. The van der Waals surface area contributed by atoms with Gasteiger partial charge < -0.3 is 15.8 Å². The Morgan fingerprint density at radius 1 is 1.28 bits per heavy atom. The van der Waals surface area contributed by atoms with Gasteiger partial charge in [0.15, 0.2) is 0 Å². The van der Waals surface area contributed by atoms with E-state index in [-0.39, 0.29) is 17.3 Å². The van der Waals surface area contributed by atoms with Crippen molar-refractivity contribution in [3.8, 4) is 17.6 Å². The Hall–Kier alpha value is -4.12. The Morgan fingerprint density at radius 3 is 2.76 bits per heavy atom. The van der Waals surface area contributed by atoms with Gasteiger partial charge in [-0.1, -0.05) is 18.2 Å². The SMILES string of the molecule is Cc1nn(-c2ccccc2)c2c1[C@]1(C(=O)Nc3ccc(F)cc31)C(C#N)=C(N)O2. The Morgan fingerprint density at radius 2 is 2.03 bits per heavy atom. The van der Waals surface area contributed by atoms with Gasteiger partial charge in [0.1, 0.15) is 22.9 Å². The van der Waals surface area contributed by atoms with Crippen LogP contribution < -0.4 is 15.8 Å². The van der Waals surface area contributed by atoms with Crippen molar-refractivity contribution in [2.75, 3.05) is 5.32 Å². The number of ether oxygens (including phenoxy) is 1. The van der Waals surface area contributed by atoms with Gasteiger partial charge >= 0.3 is 0 Å². The minimum Gasteiger partial charge on any atom is -0.422 e. The van der Waals surface area contributed by atoms with Crippen molar-refractivity contribution in [1.29, 1.82) is 5.26 Å². The lowest BCUT2D eigenvalue weighted by Crippen LogP contribution is -2.42. The first-order chi connectivity index (χ1) is 14.0. The fourth-order valence-electron chi connectivity index (χ4n) is 4.15. The van der Waals surface area contributed by atoms with Gasteiger partial charge in [-0.05, 0) is 37.3 Å². The molecule has 1 amide bonds. The van der Waals surface area contributed by atoms with E-state index in [1.165, 1.54) is 22.9 Å². The number of benzene rings is 2. The van der Waals surface area contributed by atoms with Crippen molar-refractivity contribution in [3.63, 3.8) is 0 Å². The summed E-state index contributed by atoms with van der Waals surface area (Å²) < 4.78 is 21.5. The minimum absolute atomic E-state index is 0.0949. The molecule has 142 valence electrons. The molecular weight excluding hydrogens is 373 g/mol. The highest BCUT2D eigenvalue weighted by Gasteiger charge is 2.58. The number of fused-ring (bicyclic) bond motifs is 4. The maximum absolute atomic E-state index is 14.2. The molecule has 0 saturated heterocycles. The highest BCUT2D eigenvalue weighted by Crippen LogP contribution is 2.54. The number of para-hydroxylation sites is 1. The van der Waals surface area contributed by atoms with Crippen LogP contribution in [0.2, 0.25) is 0 Å². The minimum atomic E-state index is -1.64. The number of nitrogens with zero attached hydrogens (tertiary/aromatic N) is 3. The van der Waals surface area contributed by atoms with Crippen LogP contribution in [0.5, 0.6) is 5.88 Å². The molecule has 1 atom stereocenters. The summed E-state index contributed by atoms with van der Waals surface area (Å²) in [5.74, 6) is -1.03. The maximum atomic E-state index is 14.2. The van der Waals surface area contributed by atoms with Crippen LogP contribution in [0.4, 0.5) is 10.1 Å². The topological polar surface area (TPSA) is 106 Å². The fraction of sp³-hybridized carbons (Fsp3) is 0.0952. The lowest BCUT2D eigenvalue weighted by atomic mass is 9.69. The van der Waals surface area contributed by atoms with Crippen molar-refractivity contribution < 1.29 is 13.9 Å². The number of nitrogens with two attached hydrogens (primary N) is 1. The first-order valence-corrected chi connectivity index (χ1v) is 8.83. The predicted octanol–water partition coefficient (Wildman–Crippen LogP) is 2.64. The summed E-state index contributed by atoms with van der Waals surface area (Å²) in [5.41, 5.74) is 6.61. The third kappa shape index (κ3) is 2.04. The number of rotatable bonds is 1. The quantitative estimate of drug-likeness (QED) is 0.668. The lowest BCUT2D eigenvalue weighted by Gasteiger charge is -2.32. The van der Waals surface area contributed by atoms with E-state index in [1.54, 1.807) is 6.92 Å². The van der Waals surface area contributed by atoms with Crippen molar-refractivity contribution in [1.82, 2.24) is 9.78 Å². The highest BCUT2D eigenvalue weighted by molar-refractivity contribution is 6.12. The van der Waals surface area contributed by atoms with Gasteiger partial charge in [-0.2, -0.15) is 10.4 Å². The van der Waals surface area contributed by atoms with Crippen LogP contribution in [0.3, 0.4) is 0 Å². The van der Waals surface area contributed by atoms with Crippen molar-refractivity contribution >= 4 is 11.6 Å². The molecule has 0 bridgehead atoms. The Labute approximate surface area is 164 Å². The number of aryl methyl sites for hydroxylation is 1. The molecule has 29 heavy (non-hydrogen) atoms. The Balaban J connectivity index is 1.91. The van der Waals surface area contributed by atoms with Gasteiger partial charge in [0.2, 0.25) is 17.7 Å². The van der Waals surface area contributed by atoms with Crippen LogP contribution in [0, 0.1) is 24.1 Å². The molecule has 2 aliphatic heterocycles. The average molecular weight is 387 g/mol. The van der Waals surface area contributed by atoms with E-state index >= 15 is 0 Å². The molecule has 7 nitrogen and oxygen atoms in total. The number of nitriles is 1. The zero-order valence-electron chi connectivity index (χ0n) is 15.2. The number of hydrogen-bond donors (Lipinski definition) is 2. The van der Waals surface area contributed by atoms with Gasteiger partial charge in [0, 0.05) is 11.3 Å². The van der Waals surface area contributed by atoms with Crippen LogP contribution in [-0.4, -0.2) is 15.7 Å². The van der Waals surface area contributed by atoms with Crippen LogP contribution in [0.1, 0.15) is 16.8 Å². The summed E-state index contributed by atoms with van der Waals surface area (Å²) >= 11 is 0. The first kappa shape index (κ1) is 17.0. The molecule has 3 aromatic rings. The van der Waals surface area contributed by atoms with Crippen molar-refractivity contribution in [2.45, 2.75) is 12.3 Å². The molecule has 2 aromatic carbocycles. The number of hydrogen-bond acceptors (Lipinski definition) is 5. The summed E-state index contributed by atoms with van der Waals surface area (Å²) in [6.45, 7) is 1.71. The zero-order chi connectivity index (χ0) is 20.3. The Kier molecular flexibility index (Phi) is 3.34. The molecule has 3 heterocycles. The van der Waals surface area contributed by atoms with Gasteiger partial charge in [-0.3, -0.25) is 4.79 Å². The number of nitrogens with one attached hydrogen (secondary N) is 1. The number of amides is 1. The molecule has 5 rings (SSSR count). The summed E-state index contributed by atoms with van der Waals surface area (Å²) in [5, 5.41) is 17.2. The third-order valence-corrected chi connectivity index (χ3v) is 5.31. The first-order valence-electron chi connectivity index (χ1n) is 8.83. The zero-order valence-corrected chi connectivity index (χ0v) is 15.2. The lowest BCUT2D eigenvalue weighted by molar-refractivity contribution is -0.118. The molecule has 0 aliphatic carbocycles. The van der Waals surface area contributed by atoms with Gasteiger partial charge in [0.05, 0.1) is 16.9 Å². The van der Waals surface area contributed by atoms with E-state index in [9.17, 15) is 14.4 Å². The molecule has 1 aromatic heterocycles. The number of halogens is 1. The summed E-state index contributed by atoms with van der Waals surface area (Å²) in [6.07, 6.45) is 0. The molecule has 0 radical (unpaired) electrons. The maximum Gasteiger partial charge on any atom is 0.245 e. The molecule has 3 N–H and O–H groups in total. The number of carbonyl (C=O) groups excluding carboxylic acids is 1. The van der Waals surface area contributed by atoms with Gasteiger partial charge in [0.25, 0.3) is 0 Å². The van der Waals surface area contributed by atoms with Crippen molar-refractivity contribution in [3.05, 3.63) is 82.6 Å². The predicted molar refractivity (Wildman–Crippen MR) is 102 cm³/mol. The molecule has 0 unspecified atom stereocenters. The van der Waals surface area contributed by atoms with Crippen LogP contribution >= 0.6 is 0 Å². The van der Waals surface area contributed by atoms with Crippen LogP contribution in [0.15, 0.2) is 60.0 Å². The Bertz CT molecular complexity index is 1270. The number of aromatic nitrogens is 2. The molecule has 8 heteroatoms. The molecule has 0 saturated carbocycles.